The van der Waals surface area contributed by atoms with E-state index in [2.05, 4.69) is 15.9 Å². The van der Waals surface area contributed by atoms with Crippen molar-refractivity contribution in [2.45, 2.75) is 6.54 Å². The van der Waals surface area contributed by atoms with Crippen LogP contribution in [0.25, 0.3) is 0 Å². The third-order valence-corrected chi connectivity index (χ3v) is 5.04. The number of hydrogen-bond donors (Lipinski definition) is 0. The fourth-order valence-electron chi connectivity index (χ4n) is 1.62. The lowest BCUT2D eigenvalue weighted by Crippen LogP contribution is -2.25. The average Bonchev–Trinajstić information content (AvgIpc) is 2.80. The smallest absolute Gasteiger partial charge is 0.264 e. The zero-order valence-electron chi connectivity index (χ0n) is 9.99. The van der Waals surface area contributed by atoms with Gasteiger partial charge in [0.05, 0.1) is 18.7 Å². The van der Waals surface area contributed by atoms with E-state index in [1.54, 1.807) is 24.1 Å². The minimum absolute atomic E-state index is 0.0354. The number of rotatable bonds is 3. The summed E-state index contributed by atoms with van der Waals surface area (Å²) >= 11 is 16.8. The number of carbonyl (C=O) groups excluding carboxylic acids is 1. The molecule has 1 amide bonds. The quantitative estimate of drug-likeness (QED) is 0.728. The molecule has 1 heterocycles. The molecule has 19 heavy (non-hydrogen) atoms. The molecule has 0 aliphatic heterocycles. The van der Waals surface area contributed by atoms with Crippen molar-refractivity contribution in [3.8, 4) is 0 Å². The van der Waals surface area contributed by atoms with Crippen molar-refractivity contribution in [1.82, 2.24) is 4.90 Å². The number of amides is 1. The molecule has 6 heteroatoms. The maximum Gasteiger partial charge on any atom is 0.264 e. The summed E-state index contributed by atoms with van der Waals surface area (Å²) in [5.41, 5.74) is 0.834. The third-order valence-electron chi connectivity index (χ3n) is 2.57. The van der Waals surface area contributed by atoms with Gasteiger partial charge in [-0.3, -0.25) is 4.79 Å². The first kappa shape index (κ1) is 14.9. The first-order valence-corrected chi connectivity index (χ1v) is 7.79. The highest BCUT2D eigenvalue weighted by Crippen LogP contribution is 2.27. The van der Waals surface area contributed by atoms with Crippen molar-refractivity contribution in [2.75, 3.05) is 7.05 Å². The predicted octanol–water partition coefficient (Wildman–Crippen LogP) is 5.09. The Morgan fingerprint density at radius 2 is 2.05 bits per heavy atom. The van der Waals surface area contributed by atoms with E-state index in [4.69, 9.17) is 23.2 Å². The van der Waals surface area contributed by atoms with Crippen LogP contribution in [0, 0.1) is 0 Å². The van der Waals surface area contributed by atoms with Crippen LogP contribution in [-0.4, -0.2) is 17.9 Å². The summed E-state index contributed by atoms with van der Waals surface area (Å²) in [5, 5.41) is 0.995. The van der Waals surface area contributed by atoms with Gasteiger partial charge in [0.15, 0.2) is 0 Å². The van der Waals surface area contributed by atoms with Crippen LogP contribution in [0.2, 0.25) is 10.0 Å². The highest BCUT2D eigenvalue weighted by molar-refractivity contribution is 9.11. The van der Waals surface area contributed by atoms with E-state index in [0.29, 0.717) is 21.5 Å². The normalized spacial score (nSPS) is 10.5. The Kier molecular flexibility index (Phi) is 4.90. The molecule has 2 nitrogen and oxygen atoms in total. The summed E-state index contributed by atoms with van der Waals surface area (Å²) < 4.78 is 0.935. The summed E-state index contributed by atoms with van der Waals surface area (Å²) in [4.78, 5) is 14.5. The lowest BCUT2D eigenvalue weighted by Gasteiger charge is -2.17. The van der Waals surface area contributed by atoms with Crippen molar-refractivity contribution in [1.29, 1.82) is 0 Å². The number of hydrogen-bond acceptors (Lipinski definition) is 2. The van der Waals surface area contributed by atoms with Gasteiger partial charge in [-0.05, 0) is 39.7 Å². The zero-order valence-corrected chi connectivity index (χ0v) is 13.9. The van der Waals surface area contributed by atoms with Crippen LogP contribution in [-0.2, 0) is 6.54 Å². The molecule has 0 aliphatic rings. The fraction of sp³-hybridized carbons (Fsp3) is 0.154. The van der Waals surface area contributed by atoms with Crippen molar-refractivity contribution < 1.29 is 4.79 Å². The number of thiophene rings is 1. The van der Waals surface area contributed by atoms with Crippen molar-refractivity contribution in [2.24, 2.45) is 0 Å². The van der Waals surface area contributed by atoms with Gasteiger partial charge in [0.1, 0.15) is 0 Å². The van der Waals surface area contributed by atoms with E-state index in [1.807, 2.05) is 18.2 Å². The maximum absolute atomic E-state index is 12.2. The Bertz CT molecular complexity index is 614. The molecule has 0 saturated carbocycles. The molecule has 0 radical (unpaired) electrons. The predicted molar refractivity (Wildman–Crippen MR) is 84.3 cm³/mol. The monoisotopic (exact) mass is 377 g/mol. The molecule has 0 N–H and O–H groups in total. The minimum atomic E-state index is -0.0354. The highest BCUT2D eigenvalue weighted by atomic mass is 79.9. The first-order valence-electron chi connectivity index (χ1n) is 5.42. The van der Waals surface area contributed by atoms with Crippen LogP contribution < -0.4 is 0 Å². The minimum Gasteiger partial charge on any atom is -0.337 e. The van der Waals surface area contributed by atoms with Gasteiger partial charge in [0.2, 0.25) is 0 Å². The molecular weight excluding hydrogens is 369 g/mol. The summed E-state index contributed by atoms with van der Waals surface area (Å²) in [6, 6.07) is 9.07. The number of carbonyl (C=O) groups is 1. The Balaban J connectivity index is 2.15. The summed E-state index contributed by atoms with van der Waals surface area (Å²) in [6.45, 7) is 0.424. The second-order valence-corrected chi connectivity index (χ2v) is 7.23. The molecule has 100 valence electrons. The van der Waals surface area contributed by atoms with Gasteiger partial charge in [0, 0.05) is 13.6 Å². The van der Waals surface area contributed by atoms with Gasteiger partial charge in [0.25, 0.3) is 5.91 Å². The van der Waals surface area contributed by atoms with Gasteiger partial charge >= 0.3 is 0 Å². The molecule has 0 atom stereocenters. The molecule has 1 aromatic heterocycles. The molecule has 0 fully saturated rings. The van der Waals surface area contributed by atoms with E-state index >= 15 is 0 Å². The van der Waals surface area contributed by atoms with Crippen LogP contribution in [0.1, 0.15) is 15.2 Å². The Morgan fingerprint density at radius 1 is 1.32 bits per heavy atom. The van der Waals surface area contributed by atoms with Gasteiger partial charge < -0.3 is 4.90 Å². The highest BCUT2D eigenvalue weighted by Gasteiger charge is 2.15. The van der Waals surface area contributed by atoms with E-state index in [-0.39, 0.29) is 5.91 Å². The number of benzene rings is 1. The molecular formula is C13H10BrCl2NOS. The van der Waals surface area contributed by atoms with E-state index < -0.39 is 0 Å². The molecule has 2 aromatic rings. The third kappa shape index (κ3) is 3.51. The van der Waals surface area contributed by atoms with Crippen LogP contribution in [0.5, 0.6) is 0 Å². The van der Waals surface area contributed by atoms with Gasteiger partial charge in [-0.1, -0.05) is 35.3 Å². The molecule has 0 spiro atoms. The topological polar surface area (TPSA) is 20.3 Å². The lowest BCUT2D eigenvalue weighted by molar-refractivity contribution is 0.0790. The summed E-state index contributed by atoms with van der Waals surface area (Å²) in [5.74, 6) is -0.0354. The van der Waals surface area contributed by atoms with Crippen LogP contribution in [0.15, 0.2) is 34.1 Å². The number of nitrogens with zero attached hydrogens (tertiary/aromatic N) is 1. The Hall–Kier alpha value is -0.550. The second kappa shape index (κ2) is 6.27. The largest absolute Gasteiger partial charge is 0.337 e. The first-order chi connectivity index (χ1) is 8.99. The van der Waals surface area contributed by atoms with Crippen LogP contribution in [0.3, 0.4) is 0 Å². The molecule has 0 saturated heterocycles. The van der Waals surface area contributed by atoms with Crippen molar-refractivity contribution >= 4 is 56.4 Å². The van der Waals surface area contributed by atoms with Crippen LogP contribution in [0.4, 0.5) is 0 Å². The van der Waals surface area contributed by atoms with Gasteiger partial charge in [-0.2, -0.15) is 0 Å². The summed E-state index contributed by atoms with van der Waals surface area (Å²) in [6.07, 6.45) is 0. The average molecular weight is 379 g/mol. The molecule has 2 rings (SSSR count). The standard InChI is InChI=1S/C13H10BrCl2NOS/c1-17(13(18)10-5-6-11(14)19-10)7-8-3-2-4-9(15)12(8)16/h2-6H,7H2,1H3. The van der Waals surface area contributed by atoms with E-state index in [1.165, 1.54) is 11.3 Å². The Labute approximate surface area is 134 Å². The van der Waals surface area contributed by atoms with Crippen molar-refractivity contribution in [3.63, 3.8) is 0 Å². The zero-order chi connectivity index (χ0) is 14.0. The van der Waals surface area contributed by atoms with Crippen molar-refractivity contribution in [3.05, 3.63) is 54.6 Å². The van der Waals surface area contributed by atoms with E-state index in [9.17, 15) is 4.79 Å². The van der Waals surface area contributed by atoms with Gasteiger partial charge in [-0.25, -0.2) is 0 Å². The fourth-order valence-corrected chi connectivity index (χ4v) is 3.38. The molecule has 0 unspecified atom stereocenters. The molecule has 0 aliphatic carbocycles. The van der Waals surface area contributed by atoms with Gasteiger partial charge in [-0.15, -0.1) is 11.3 Å². The van der Waals surface area contributed by atoms with E-state index in [0.717, 1.165) is 9.35 Å². The second-order valence-electron chi connectivity index (χ2n) is 3.98. The Morgan fingerprint density at radius 3 is 2.68 bits per heavy atom. The SMILES string of the molecule is CN(Cc1cccc(Cl)c1Cl)C(=O)c1ccc(Br)s1. The summed E-state index contributed by atoms with van der Waals surface area (Å²) in [7, 11) is 1.74. The number of halogens is 3. The molecule has 1 aromatic carbocycles. The van der Waals surface area contributed by atoms with Crippen LogP contribution >= 0.6 is 50.5 Å². The molecule has 0 bridgehead atoms. The lowest BCUT2D eigenvalue weighted by atomic mass is 10.2. The maximum atomic E-state index is 12.2.